The van der Waals surface area contributed by atoms with Crippen LogP contribution in [0.2, 0.25) is 0 Å². The second-order valence-electron chi connectivity index (χ2n) is 4.38. The molecule has 0 saturated carbocycles. The van der Waals surface area contributed by atoms with Crippen molar-refractivity contribution >= 4 is 23.5 Å². The number of carboxylic acids is 2. The van der Waals surface area contributed by atoms with E-state index in [1.54, 1.807) is 13.0 Å². The summed E-state index contributed by atoms with van der Waals surface area (Å²) < 4.78 is 0. The van der Waals surface area contributed by atoms with Crippen molar-refractivity contribution in [3.05, 3.63) is 29.3 Å². The van der Waals surface area contributed by atoms with Gasteiger partial charge in [-0.1, -0.05) is 11.6 Å². The van der Waals surface area contributed by atoms with Crippen LogP contribution >= 0.6 is 0 Å². The first-order valence-corrected chi connectivity index (χ1v) is 5.93. The normalized spacial score (nSPS) is 11.7. The average Bonchev–Trinajstić information content (AvgIpc) is 2.37. The zero-order chi connectivity index (χ0) is 15.3. The molecule has 0 spiro atoms. The van der Waals surface area contributed by atoms with Crippen LogP contribution in [0.3, 0.4) is 0 Å². The summed E-state index contributed by atoms with van der Waals surface area (Å²) in [6.45, 7) is 1.73. The first kappa shape index (κ1) is 15.6. The monoisotopic (exact) mass is 280 g/mol. The Morgan fingerprint density at radius 3 is 2.50 bits per heavy atom. The quantitative estimate of drug-likeness (QED) is 0.610. The van der Waals surface area contributed by atoms with Gasteiger partial charge in [-0.2, -0.15) is 0 Å². The molecule has 0 heterocycles. The molecule has 1 aromatic rings. The SMILES string of the molecule is Cc1ccc(NC(=O)C(N)CCC(=O)O)c(C(=O)O)c1. The van der Waals surface area contributed by atoms with Gasteiger partial charge in [0.15, 0.2) is 0 Å². The summed E-state index contributed by atoms with van der Waals surface area (Å²) in [6, 6.07) is 3.56. The molecule has 0 aliphatic carbocycles. The number of carbonyl (C=O) groups excluding carboxylic acids is 1. The summed E-state index contributed by atoms with van der Waals surface area (Å²) >= 11 is 0. The fourth-order valence-electron chi connectivity index (χ4n) is 1.58. The van der Waals surface area contributed by atoms with Gasteiger partial charge in [0, 0.05) is 6.42 Å². The third-order valence-corrected chi connectivity index (χ3v) is 2.67. The standard InChI is InChI=1S/C13H16N2O5/c1-7-2-4-10(8(6-7)13(19)20)15-12(18)9(14)3-5-11(16)17/h2,4,6,9H,3,5,14H2,1H3,(H,15,18)(H,16,17)(H,19,20). The van der Waals surface area contributed by atoms with Crippen molar-refractivity contribution in [3.8, 4) is 0 Å². The van der Waals surface area contributed by atoms with Crippen LogP contribution in [0.25, 0.3) is 0 Å². The second kappa shape index (κ2) is 6.67. The van der Waals surface area contributed by atoms with Gasteiger partial charge in [-0.3, -0.25) is 9.59 Å². The van der Waals surface area contributed by atoms with E-state index in [4.69, 9.17) is 15.9 Å². The summed E-state index contributed by atoms with van der Waals surface area (Å²) in [5, 5.41) is 20.0. The number of aliphatic carboxylic acids is 1. The molecule has 0 bridgehead atoms. The average molecular weight is 280 g/mol. The van der Waals surface area contributed by atoms with Crippen molar-refractivity contribution in [2.75, 3.05) is 5.32 Å². The minimum atomic E-state index is -1.16. The van der Waals surface area contributed by atoms with Gasteiger partial charge in [0.1, 0.15) is 0 Å². The number of aromatic carboxylic acids is 1. The van der Waals surface area contributed by atoms with Gasteiger partial charge in [-0.25, -0.2) is 4.79 Å². The van der Waals surface area contributed by atoms with E-state index in [0.717, 1.165) is 5.56 Å². The van der Waals surface area contributed by atoms with E-state index in [1.165, 1.54) is 12.1 Å². The first-order valence-electron chi connectivity index (χ1n) is 5.93. The molecule has 1 rings (SSSR count). The number of hydrogen-bond acceptors (Lipinski definition) is 4. The lowest BCUT2D eigenvalue weighted by Crippen LogP contribution is -2.36. The Kier molecular flexibility index (Phi) is 5.22. The molecule has 20 heavy (non-hydrogen) atoms. The van der Waals surface area contributed by atoms with E-state index in [2.05, 4.69) is 5.32 Å². The highest BCUT2D eigenvalue weighted by molar-refractivity contribution is 6.02. The molecule has 0 aromatic heterocycles. The molecule has 7 heteroatoms. The fourth-order valence-corrected chi connectivity index (χ4v) is 1.58. The van der Waals surface area contributed by atoms with Gasteiger partial charge in [0.2, 0.25) is 5.91 Å². The van der Waals surface area contributed by atoms with Crippen LogP contribution in [0.4, 0.5) is 5.69 Å². The highest BCUT2D eigenvalue weighted by Crippen LogP contribution is 2.17. The molecule has 7 nitrogen and oxygen atoms in total. The van der Waals surface area contributed by atoms with Crippen LogP contribution in [-0.2, 0) is 9.59 Å². The van der Waals surface area contributed by atoms with E-state index >= 15 is 0 Å². The maximum absolute atomic E-state index is 11.8. The van der Waals surface area contributed by atoms with E-state index in [1.807, 2.05) is 0 Å². The number of nitrogens with one attached hydrogen (secondary N) is 1. The van der Waals surface area contributed by atoms with Crippen LogP contribution in [0.5, 0.6) is 0 Å². The largest absolute Gasteiger partial charge is 0.481 e. The number of benzene rings is 1. The maximum Gasteiger partial charge on any atom is 0.337 e. The predicted molar refractivity (Wildman–Crippen MR) is 71.6 cm³/mol. The maximum atomic E-state index is 11.8. The summed E-state index contributed by atoms with van der Waals surface area (Å²) in [5.41, 5.74) is 6.39. The second-order valence-corrected chi connectivity index (χ2v) is 4.38. The van der Waals surface area contributed by atoms with Gasteiger partial charge in [-0.15, -0.1) is 0 Å². The lowest BCUT2D eigenvalue weighted by molar-refractivity contribution is -0.137. The zero-order valence-electron chi connectivity index (χ0n) is 10.9. The summed E-state index contributed by atoms with van der Waals surface area (Å²) in [5.74, 6) is -2.82. The molecule has 1 atom stereocenters. The highest BCUT2D eigenvalue weighted by atomic mass is 16.4. The number of carboxylic acid groups (broad SMARTS) is 2. The van der Waals surface area contributed by atoms with Crippen LogP contribution in [0.1, 0.15) is 28.8 Å². The Bertz CT molecular complexity index is 542. The van der Waals surface area contributed by atoms with Crippen molar-refractivity contribution in [1.29, 1.82) is 0 Å². The molecule has 0 saturated heterocycles. The lowest BCUT2D eigenvalue weighted by atomic mass is 10.1. The Labute approximate surface area is 115 Å². The highest BCUT2D eigenvalue weighted by Gasteiger charge is 2.18. The van der Waals surface area contributed by atoms with Gasteiger partial charge < -0.3 is 21.3 Å². The Morgan fingerprint density at radius 2 is 1.95 bits per heavy atom. The summed E-state index contributed by atoms with van der Waals surface area (Å²) in [7, 11) is 0. The summed E-state index contributed by atoms with van der Waals surface area (Å²) in [4.78, 5) is 33.2. The number of anilines is 1. The molecule has 0 radical (unpaired) electrons. The molecule has 1 aromatic carbocycles. The Morgan fingerprint density at radius 1 is 1.30 bits per heavy atom. The number of aryl methyl sites for hydroxylation is 1. The van der Waals surface area contributed by atoms with Gasteiger partial charge in [0.05, 0.1) is 17.3 Å². The lowest BCUT2D eigenvalue weighted by Gasteiger charge is -2.13. The van der Waals surface area contributed by atoms with E-state index in [9.17, 15) is 14.4 Å². The van der Waals surface area contributed by atoms with Crippen LogP contribution < -0.4 is 11.1 Å². The summed E-state index contributed by atoms with van der Waals surface area (Å²) in [6.07, 6.45) is -0.246. The number of rotatable bonds is 6. The fraction of sp³-hybridized carbons (Fsp3) is 0.308. The topological polar surface area (TPSA) is 130 Å². The minimum absolute atomic E-state index is 0.0184. The van der Waals surface area contributed by atoms with Crippen LogP contribution in [0.15, 0.2) is 18.2 Å². The van der Waals surface area contributed by atoms with Crippen molar-refractivity contribution in [2.45, 2.75) is 25.8 Å². The van der Waals surface area contributed by atoms with E-state index < -0.39 is 23.9 Å². The Balaban J connectivity index is 2.80. The number of amides is 1. The molecule has 0 aliphatic heterocycles. The van der Waals surface area contributed by atoms with Crippen molar-refractivity contribution < 1.29 is 24.6 Å². The third-order valence-electron chi connectivity index (χ3n) is 2.67. The Hall–Kier alpha value is -2.41. The molecule has 1 amide bonds. The third kappa shape index (κ3) is 4.36. The van der Waals surface area contributed by atoms with Gasteiger partial charge in [0.25, 0.3) is 0 Å². The number of nitrogens with two attached hydrogens (primary N) is 1. The molecule has 5 N–H and O–H groups in total. The number of carbonyl (C=O) groups is 3. The molecule has 0 aliphatic rings. The van der Waals surface area contributed by atoms with Crippen molar-refractivity contribution in [1.82, 2.24) is 0 Å². The van der Waals surface area contributed by atoms with Crippen molar-refractivity contribution in [2.24, 2.45) is 5.73 Å². The van der Waals surface area contributed by atoms with E-state index in [-0.39, 0.29) is 24.1 Å². The molecular formula is C13H16N2O5. The zero-order valence-corrected chi connectivity index (χ0v) is 10.9. The van der Waals surface area contributed by atoms with Gasteiger partial charge >= 0.3 is 11.9 Å². The molecule has 1 unspecified atom stereocenters. The van der Waals surface area contributed by atoms with Crippen molar-refractivity contribution in [3.63, 3.8) is 0 Å². The minimum Gasteiger partial charge on any atom is -0.481 e. The molecular weight excluding hydrogens is 264 g/mol. The molecule has 108 valence electrons. The smallest absolute Gasteiger partial charge is 0.337 e. The first-order chi connectivity index (χ1) is 9.31. The van der Waals surface area contributed by atoms with E-state index in [0.29, 0.717) is 0 Å². The predicted octanol–water partition coefficient (Wildman–Crippen LogP) is 0.824. The van der Waals surface area contributed by atoms with Crippen LogP contribution in [0, 0.1) is 6.92 Å². The molecule has 0 fully saturated rings. The number of hydrogen-bond donors (Lipinski definition) is 4. The van der Waals surface area contributed by atoms with Gasteiger partial charge in [-0.05, 0) is 25.5 Å². The van der Waals surface area contributed by atoms with Crippen LogP contribution in [-0.4, -0.2) is 34.1 Å².